The van der Waals surface area contributed by atoms with E-state index in [2.05, 4.69) is 14.9 Å². The summed E-state index contributed by atoms with van der Waals surface area (Å²) in [5.41, 5.74) is 0.980. The lowest BCUT2D eigenvalue weighted by molar-refractivity contribution is -0.123. The van der Waals surface area contributed by atoms with Gasteiger partial charge < -0.3 is 19.9 Å². The fourth-order valence-electron chi connectivity index (χ4n) is 3.85. The topological polar surface area (TPSA) is 117 Å². The summed E-state index contributed by atoms with van der Waals surface area (Å²) < 4.78 is 39.2. The van der Waals surface area contributed by atoms with Crippen LogP contribution in [0.15, 0.2) is 29.2 Å². The monoisotopic (exact) mass is 455 g/mol. The van der Waals surface area contributed by atoms with Crippen molar-refractivity contribution in [3.8, 4) is 0 Å². The Morgan fingerprint density at radius 3 is 2.58 bits per heavy atom. The van der Waals surface area contributed by atoms with Gasteiger partial charge in [-0.25, -0.2) is 13.1 Å². The third-order valence-electron chi connectivity index (χ3n) is 5.69. The molecule has 0 aromatic heterocycles. The summed E-state index contributed by atoms with van der Waals surface area (Å²) in [7, 11) is -3.69. The first kappa shape index (κ1) is 24.1. The molecule has 0 bridgehead atoms. The van der Waals surface area contributed by atoms with Gasteiger partial charge in [0.05, 0.1) is 49.5 Å². The Labute approximate surface area is 184 Å². The third-order valence-corrected chi connectivity index (χ3v) is 7.20. The van der Waals surface area contributed by atoms with E-state index in [1.54, 1.807) is 24.3 Å². The minimum absolute atomic E-state index is 0.0276. The van der Waals surface area contributed by atoms with Gasteiger partial charge in [-0.05, 0) is 38.3 Å². The first-order chi connectivity index (χ1) is 14.9. The highest BCUT2D eigenvalue weighted by molar-refractivity contribution is 7.89. The highest BCUT2D eigenvalue weighted by Gasteiger charge is 2.33. The molecule has 2 saturated heterocycles. The van der Waals surface area contributed by atoms with Gasteiger partial charge in [0.2, 0.25) is 15.9 Å². The van der Waals surface area contributed by atoms with Crippen molar-refractivity contribution in [3.05, 3.63) is 29.8 Å². The molecule has 0 radical (unpaired) electrons. The minimum Gasteiger partial charge on any atom is -0.394 e. The van der Waals surface area contributed by atoms with Gasteiger partial charge >= 0.3 is 0 Å². The van der Waals surface area contributed by atoms with Crippen LogP contribution in [0.5, 0.6) is 0 Å². The van der Waals surface area contributed by atoms with E-state index in [1.165, 1.54) is 0 Å². The van der Waals surface area contributed by atoms with Gasteiger partial charge in [-0.1, -0.05) is 17.7 Å². The largest absolute Gasteiger partial charge is 0.394 e. The number of nitrogens with zero attached hydrogens (tertiary/aromatic N) is 1. The molecule has 0 unspecified atom stereocenters. The SMILES string of the molecule is Cc1ccc(S(=O)(=O)N[C@H]2CC[C@H](CCNC(=O)CN3CCOCC3)O[C@@H]2CO)cc1. The normalized spacial score (nSPS) is 25.3. The molecule has 2 aliphatic heterocycles. The molecule has 3 rings (SSSR count). The van der Waals surface area contributed by atoms with Crippen molar-refractivity contribution in [1.29, 1.82) is 0 Å². The predicted molar refractivity (Wildman–Crippen MR) is 115 cm³/mol. The highest BCUT2D eigenvalue weighted by Crippen LogP contribution is 2.23. The zero-order valence-electron chi connectivity index (χ0n) is 18.0. The maximum atomic E-state index is 12.7. The Morgan fingerprint density at radius 1 is 1.19 bits per heavy atom. The summed E-state index contributed by atoms with van der Waals surface area (Å²) in [6.07, 6.45) is 1.06. The van der Waals surface area contributed by atoms with E-state index >= 15 is 0 Å². The molecule has 1 aromatic carbocycles. The van der Waals surface area contributed by atoms with Crippen molar-refractivity contribution in [2.75, 3.05) is 46.0 Å². The lowest BCUT2D eigenvalue weighted by Gasteiger charge is -2.36. The number of aryl methyl sites for hydroxylation is 1. The van der Waals surface area contributed by atoms with Crippen LogP contribution in [0.25, 0.3) is 0 Å². The van der Waals surface area contributed by atoms with E-state index in [9.17, 15) is 18.3 Å². The minimum atomic E-state index is -3.69. The van der Waals surface area contributed by atoms with Crippen molar-refractivity contribution in [2.24, 2.45) is 0 Å². The first-order valence-corrected chi connectivity index (χ1v) is 12.3. The summed E-state index contributed by atoms with van der Waals surface area (Å²) in [5, 5.41) is 12.6. The second kappa shape index (κ2) is 11.3. The predicted octanol–water partition coefficient (Wildman–Crippen LogP) is 0.0203. The molecular formula is C21H33N3O6S. The zero-order chi connectivity index (χ0) is 22.3. The Morgan fingerprint density at radius 2 is 1.90 bits per heavy atom. The number of hydrogen-bond donors (Lipinski definition) is 3. The van der Waals surface area contributed by atoms with Crippen LogP contribution >= 0.6 is 0 Å². The summed E-state index contributed by atoms with van der Waals surface area (Å²) in [6.45, 7) is 5.28. The van der Waals surface area contributed by atoms with Crippen LogP contribution in [0.3, 0.4) is 0 Å². The maximum Gasteiger partial charge on any atom is 0.240 e. The third kappa shape index (κ3) is 7.23. The van der Waals surface area contributed by atoms with Crippen molar-refractivity contribution in [3.63, 3.8) is 0 Å². The van der Waals surface area contributed by atoms with Gasteiger partial charge in [0.15, 0.2) is 0 Å². The van der Waals surface area contributed by atoms with Gasteiger partial charge in [-0.15, -0.1) is 0 Å². The average molecular weight is 456 g/mol. The number of morpholine rings is 1. The Balaban J connectivity index is 1.43. The second-order valence-electron chi connectivity index (χ2n) is 8.12. The second-order valence-corrected chi connectivity index (χ2v) is 9.84. The average Bonchev–Trinajstić information content (AvgIpc) is 2.75. The molecule has 1 amide bonds. The molecule has 3 atom stereocenters. The molecule has 0 spiro atoms. The molecule has 1 aromatic rings. The molecule has 31 heavy (non-hydrogen) atoms. The van der Waals surface area contributed by atoms with Crippen LogP contribution in [-0.4, -0.2) is 88.6 Å². The quantitative estimate of drug-likeness (QED) is 0.481. The Hall–Kier alpha value is -1.56. The van der Waals surface area contributed by atoms with Crippen LogP contribution in [-0.2, 0) is 24.3 Å². The number of nitrogens with one attached hydrogen (secondary N) is 2. The number of aliphatic hydroxyl groups is 1. The van der Waals surface area contributed by atoms with Gasteiger partial charge in [0.25, 0.3) is 0 Å². The molecule has 2 aliphatic rings. The number of sulfonamides is 1. The zero-order valence-corrected chi connectivity index (χ0v) is 18.8. The van der Waals surface area contributed by atoms with Crippen molar-refractivity contribution < 1.29 is 27.8 Å². The number of carbonyl (C=O) groups excluding carboxylic acids is 1. The molecule has 2 heterocycles. The van der Waals surface area contributed by atoms with E-state index in [4.69, 9.17) is 9.47 Å². The number of carbonyl (C=O) groups is 1. The molecule has 10 heteroatoms. The molecule has 174 valence electrons. The number of amides is 1. The summed E-state index contributed by atoms with van der Waals surface area (Å²) in [5.74, 6) is -0.0276. The molecule has 3 N–H and O–H groups in total. The van der Waals surface area contributed by atoms with E-state index in [0.29, 0.717) is 45.6 Å². The fourth-order valence-corrected chi connectivity index (χ4v) is 5.15. The maximum absolute atomic E-state index is 12.7. The lowest BCUT2D eigenvalue weighted by Crippen LogP contribution is -2.51. The van der Waals surface area contributed by atoms with Crippen LogP contribution in [0.1, 0.15) is 24.8 Å². The van der Waals surface area contributed by atoms with E-state index in [-0.39, 0.29) is 23.5 Å². The molecule has 0 aliphatic carbocycles. The summed E-state index contributed by atoms with van der Waals surface area (Å²) in [6, 6.07) is 6.14. The van der Waals surface area contributed by atoms with Gasteiger partial charge in [-0.2, -0.15) is 0 Å². The Bertz CT molecular complexity index is 811. The van der Waals surface area contributed by atoms with Crippen LogP contribution in [0.2, 0.25) is 0 Å². The van der Waals surface area contributed by atoms with Crippen molar-refractivity contribution in [1.82, 2.24) is 14.9 Å². The molecule has 0 saturated carbocycles. The van der Waals surface area contributed by atoms with Crippen molar-refractivity contribution >= 4 is 15.9 Å². The number of rotatable bonds is 9. The van der Waals surface area contributed by atoms with Gasteiger partial charge in [-0.3, -0.25) is 9.69 Å². The van der Waals surface area contributed by atoms with E-state index in [1.807, 2.05) is 6.92 Å². The number of benzene rings is 1. The van der Waals surface area contributed by atoms with Crippen LogP contribution < -0.4 is 10.0 Å². The number of hydrogen-bond acceptors (Lipinski definition) is 7. The van der Waals surface area contributed by atoms with Gasteiger partial charge in [0.1, 0.15) is 0 Å². The molecular weight excluding hydrogens is 422 g/mol. The van der Waals surface area contributed by atoms with E-state index in [0.717, 1.165) is 18.7 Å². The van der Waals surface area contributed by atoms with Gasteiger partial charge in [0, 0.05) is 19.6 Å². The molecule has 9 nitrogen and oxygen atoms in total. The highest BCUT2D eigenvalue weighted by atomic mass is 32.2. The standard InChI is InChI=1S/C21H33N3O6S/c1-16-2-5-18(6-3-16)31(27,28)23-19-7-4-17(30-20(19)15-25)8-9-22-21(26)14-24-10-12-29-13-11-24/h2-3,5-6,17,19-20,23,25H,4,7-15H2,1H3,(H,22,26)/t17-,19+,20-/m1/s1. The number of aliphatic hydroxyl groups excluding tert-OH is 1. The molecule has 2 fully saturated rings. The first-order valence-electron chi connectivity index (χ1n) is 10.8. The van der Waals surface area contributed by atoms with Crippen molar-refractivity contribution in [2.45, 2.75) is 49.3 Å². The lowest BCUT2D eigenvalue weighted by atomic mass is 9.98. The van der Waals surface area contributed by atoms with Crippen LogP contribution in [0, 0.1) is 6.92 Å². The smallest absolute Gasteiger partial charge is 0.240 e. The van der Waals surface area contributed by atoms with E-state index < -0.39 is 22.2 Å². The fraction of sp³-hybridized carbons (Fsp3) is 0.667. The summed E-state index contributed by atoms with van der Waals surface area (Å²) in [4.78, 5) is 14.3. The Kier molecular flexibility index (Phi) is 8.82. The number of ether oxygens (including phenoxy) is 2. The van der Waals surface area contributed by atoms with Crippen LogP contribution in [0.4, 0.5) is 0 Å². The summed E-state index contributed by atoms with van der Waals surface area (Å²) >= 11 is 0.